The fourth-order valence-electron chi connectivity index (χ4n) is 0.754. The lowest BCUT2D eigenvalue weighted by Crippen LogP contribution is -2.06. The van der Waals surface area contributed by atoms with Gasteiger partial charge in [-0.2, -0.15) is 0 Å². The summed E-state index contributed by atoms with van der Waals surface area (Å²) in [6.45, 7) is 0. The zero-order valence-electron chi connectivity index (χ0n) is 6.53. The molecule has 1 amide bonds. The normalized spacial score (nSPS) is 10.0. The Balaban J connectivity index is 2.49. The minimum atomic E-state index is -0.460. The Bertz CT molecular complexity index is 280. The van der Waals surface area contributed by atoms with Gasteiger partial charge in [0, 0.05) is 18.0 Å². The number of benzene rings is 1. The van der Waals surface area contributed by atoms with Gasteiger partial charge < -0.3 is 11.1 Å². The van der Waals surface area contributed by atoms with E-state index in [1.54, 1.807) is 0 Å². The van der Waals surface area contributed by atoms with E-state index in [1.807, 2.05) is 30.3 Å². The quantitative estimate of drug-likeness (QED) is 0.654. The van der Waals surface area contributed by atoms with E-state index in [0.29, 0.717) is 0 Å². The van der Waals surface area contributed by atoms with Gasteiger partial charge in [0.15, 0.2) is 0 Å². The molecule has 0 saturated carbocycles. The van der Waals surface area contributed by atoms with E-state index in [0.717, 1.165) is 5.69 Å². The highest BCUT2D eigenvalue weighted by Crippen LogP contribution is 2.03. The molecule has 62 valence electrons. The van der Waals surface area contributed by atoms with Crippen LogP contribution in [0.15, 0.2) is 42.6 Å². The van der Waals surface area contributed by atoms with Crippen molar-refractivity contribution in [2.24, 2.45) is 5.73 Å². The van der Waals surface area contributed by atoms with Crippen molar-refractivity contribution in [1.29, 1.82) is 0 Å². The van der Waals surface area contributed by atoms with E-state index in [2.05, 4.69) is 5.32 Å². The molecule has 0 aliphatic rings. The molecule has 3 nitrogen and oxygen atoms in total. The van der Waals surface area contributed by atoms with Gasteiger partial charge in [0.1, 0.15) is 0 Å². The van der Waals surface area contributed by atoms with Crippen LogP contribution in [0.5, 0.6) is 0 Å². The second-order valence-electron chi connectivity index (χ2n) is 2.25. The van der Waals surface area contributed by atoms with Crippen LogP contribution in [0.1, 0.15) is 0 Å². The summed E-state index contributed by atoms with van der Waals surface area (Å²) in [7, 11) is 0. The maximum Gasteiger partial charge on any atom is 0.242 e. The monoisotopic (exact) mass is 162 g/mol. The lowest BCUT2D eigenvalue weighted by atomic mass is 10.3. The van der Waals surface area contributed by atoms with Crippen LogP contribution in [-0.4, -0.2) is 5.91 Å². The van der Waals surface area contributed by atoms with Crippen LogP contribution >= 0.6 is 0 Å². The summed E-state index contributed by atoms with van der Waals surface area (Å²) in [6, 6.07) is 9.51. The van der Waals surface area contributed by atoms with Gasteiger partial charge in [-0.3, -0.25) is 4.79 Å². The zero-order chi connectivity index (χ0) is 8.81. The van der Waals surface area contributed by atoms with Crippen molar-refractivity contribution in [2.75, 3.05) is 5.32 Å². The summed E-state index contributed by atoms with van der Waals surface area (Å²) in [5.41, 5.74) is 5.82. The number of nitrogens with one attached hydrogen (secondary N) is 1. The number of nitrogens with two attached hydrogens (primary N) is 1. The third kappa shape index (κ3) is 2.88. The average molecular weight is 162 g/mol. The highest BCUT2D eigenvalue weighted by Gasteiger charge is 1.84. The van der Waals surface area contributed by atoms with Gasteiger partial charge in [-0.1, -0.05) is 18.2 Å². The maximum absolute atomic E-state index is 10.3. The Hall–Kier alpha value is -1.77. The molecule has 0 aliphatic carbocycles. The Labute approximate surface area is 70.9 Å². The van der Waals surface area contributed by atoms with Crippen LogP contribution in [0.2, 0.25) is 0 Å². The van der Waals surface area contributed by atoms with Crippen LogP contribution in [-0.2, 0) is 4.79 Å². The molecule has 0 saturated heterocycles. The molecule has 3 heteroatoms. The molecule has 0 spiro atoms. The molecule has 0 fully saturated rings. The van der Waals surface area contributed by atoms with Gasteiger partial charge in [-0.15, -0.1) is 0 Å². The standard InChI is InChI=1S/C9H10N2O/c10-9(12)6-7-11-8-4-2-1-3-5-8/h1-7,11H,(H2,10,12)/b7-6-. The molecule has 1 rings (SSSR count). The van der Waals surface area contributed by atoms with Gasteiger partial charge in [0.2, 0.25) is 5.91 Å². The summed E-state index contributed by atoms with van der Waals surface area (Å²) in [5, 5.41) is 2.89. The first kappa shape index (κ1) is 8.33. The van der Waals surface area contributed by atoms with Gasteiger partial charge >= 0.3 is 0 Å². The fourth-order valence-corrected chi connectivity index (χ4v) is 0.754. The molecule has 0 radical (unpaired) electrons. The van der Waals surface area contributed by atoms with E-state index in [1.165, 1.54) is 12.3 Å². The van der Waals surface area contributed by atoms with E-state index >= 15 is 0 Å². The number of anilines is 1. The molecule has 0 heterocycles. The first-order chi connectivity index (χ1) is 5.79. The predicted molar refractivity (Wildman–Crippen MR) is 48.4 cm³/mol. The summed E-state index contributed by atoms with van der Waals surface area (Å²) >= 11 is 0. The highest BCUT2D eigenvalue weighted by atomic mass is 16.1. The lowest BCUT2D eigenvalue weighted by Gasteiger charge is -1.97. The SMILES string of the molecule is NC(=O)/C=C\Nc1ccccc1. The van der Waals surface area contributed by atoms with Crippen LogP contribution in [0.3, 0.4) is 0 Å². The van der Waals surface area contributed by atoms with Crippen molar-refractivity contribution >= 4 is 11.6 Å². The molecule has 1 aromatic rings. The van der Waals surface area contributed by atoms with Crippen LogP contribution in [0, 0.1) is 0 Å². The van der Waals surface area contributed by atoms with Crippen molar-refractivity contribution in [3.05, 3.63) is 42.6 Å². The van der Waals surface area contributed by atoms with E-state index in [9.17, 15) is 4.79 Å². The first-order valence-corrected chi connectivity index (χ1v) is 3.56. The number of hydrogen-bond donors (Lipinski definition) is 2. The molecule has 0 aliphatic heterocycles. The minimum Gasteiger partial charge on any atom is -0.366 e. The molecular weight excluding hydrogens is 152 g/mol. The molecular formula is C9H10N2O. The largest absolute Gasteiger partial charge is 0.366 e. The topological polar surface area (TPSA) is 55.1 Å². The zero-order valence-corrected chi connectivity index (χ0v) is 6.53. The number of carbonyl (C=O) groups is 1. The number of amides is 1. The summed E-state index contributed by atoms with van der Waals surface area (Å²) < 4.78 is 0. The van der Waals surface area contributed by atoms with Gasteiger partial charge in [-0.05, 0) is 12.1 Å². The van der Waals surface area contributed by atoms with Crippen LogP contribution in [0.4, 0.5) is 5.69 Å². The minimum absolute atomic E-state index is 0.460. The van der Waals surface area contributed by atoms with Crippen molar-refractivity contribution in [2.45, 2.75) is 0 Å². The van der Waals surface area contributed by atoms with Crippen molar-refractivity contribution in [3.8, 4) is 0 Å². The van der Waals surface area contributed by atoms with Crippen molar-refractivity contribution in [1.82, 2.24) is 0 Å². The number of rotatable bonds is 3. The van der Waals surface area contributed by atoms with Gasteiger partial charge in [0.25, 0.3) is 0 Å². The number of primary amides is 1. The van der Waals surface area contributed by atoms with Crippen LogP contribution < -0.4 is 11.1 Å². The second kappa shape index (κ2) is 4.18. The number of para-hydroxylation sites is 1. The van der Waals surface area contributed by atoms with Crippen molar-refractivity contribution < 1.29 is 4.79 Å². The van der Waals surface area contributed by atoms with E-state index < -0.39 is 5.91 Å². The predicted octanol–water partition coefficient (Wildman–Crippen LogP) is 1.10. The molecule has 0 aromatic heterocycles. The first-order valence-electron chi connectivity index (χ1n) is 3.56. The molecule has 3 N–H and O–H groups in total. The summed E-state index contributed by atoms with van der Waals surface area (Å²) in [5.74, 6) is -0.460. The highest BCUT2D eigenvalue weighted by molar-refractivity contribution is 5.86. The number of carbonyl (C=O) groups excluding carboxylic acids is 1. The molecule has 12 heavy (non-hydrogen) atoms. The molecule has 0 unspecified atom stereocenters. The molecule has 0 bridgehead atoms. The third-order valence-corrected chi connectivity index (χ3v) is 1.27. The molecule has 0 atom stereocenters. The van der Waals surface area contributed by atoms with Gasteiger partial charge in [0.05, 0.1) is 0 Å². The lowest BCUT2D eigenvalue weighted by molar-refractivity contribution is -0.113. The number of hydrogen-bond acceptors (Lipinski definition) is 2. The average Bonchev–Trinajstić information content (AvgIpc) is 2.05. The molecule has 1 aromatic carbocycles. The smallest absolute Gasteiger partial charge is 0.242 e. The fraction of sp³-hybridized carbons (Fsp3) is 0. The summed E-state index contributed by atoms with van der Waals surface area (Å²) in [4.78, 5) is 10.3. The van der Waals surface area contributed by atoms with Crippen molar-refractivity contribution in [3.63, 3.8) is 0 Å². The van der Waals surface area contributed by atoms with Crippen LogP contribution in [0.25, 0.3) is 0 Å². The van der Waals surface area contributed by atoms with E-state index in [-0.39, 0.29) is 0 Å². The Morgan fingerprint density at radius 2 is 2.00 bits per heavy atom. The van der Waals surface area contributed by atoms with E-state index in [4.69, 9.17) is 5.73 Å². The summed E-state index contributed by atoms with van der Waals surface area (Å²) in [6.07, 6.45) is 2.78. The Morgan fingerprint density at radius 1 is 1.33 bits per heavy atom. The van der Waals surface area contributed by atoms with Gasteiger partial charge in [-0.25, -0.2) is 0 Å². The third-order valence-electron chi connectivity index (χ3n) is 1.27. The Kier molecular flexibility index (Phi) is 2.90. The Morgan fingerprint density at radius 3 is 2.58 bits per heavy atom. The maximum atomic E-state index is 10.3. The second-order valence-corrected chi connectivity index (χ2v) is 2.25.